The molecule has 1 heterocycles. The molecule has 0 saturated heterocycles. The number of pyridine rings is 1. The summed E-state index contributed by atoms with van der Waals surface area (Å²) in [5, 5.41) is 11.1. The second kappa shape index (κ2) is 7.59. The van der Waals surface area contributed by atoms with Crippen molar-refractivity contribution in [2.75, 3.05) is 26.4 Å². The molecule has 6 nitrogen and oxygen atoms in total. The lowest BCUT2D eigenvalue weighted by Crippen LogP contribution is -2.26. The van der Waals surface area contributed by atoms with Crippen molar-refractivity contribution in [3.63, 3.8) is 0 Å². The first-order valence-corrected chi connectivity index (χ1v) is 5.39. The number of aliphatic hydroxyl groups excluding tert-OH is 1. The second-order valence-corrected chi connectivity index (χ2v) is 3.39. The van der Waals surface area contributed by atoms with Crippen LogP contribution in [0, 0.1) is 0 Å². The molecule has 94 valence electrons. The fraction of sp³-hybridized carbons (Fsp3) is 0.455. The smallest absolute Gasteiger partial charge is 0.251 e. The first-order valence-electron chi connectivity index (χ1n) is 5.39. The van der Waals surface area contributed by atoms with E-state index in [1.165, 1.54) is 12.3 Å². The molecule has 1 rings (SSSR count). The molecule has 1 aromatic rings. The standard InChI is InChI=1S/C11H16N2O4/c14-5-7-17-6-1-3-13-11(16)9-2-4-12-10(15)8-9/h2,4,8,14H,1,3,5-7H2,(H,12,15)(H,13,16). The Morgan fingerprint density at radius 3 is 3.00 bits per heavy atom. The predicted octanol–water partition coefficient (Wildman–Crippen LogP) is -0.496. The molecular weight excluding hydrogens is 224 g/mol. The van der Waals surface area contributed by atoms with Crippen LogP contribution in [0.5, 0.6) is 0 Å². The number of aromatic amines is 1. The summed E-state index contributed by atoms with van der Waals surface area (Å²) in [4.78, 5) is 24.9. The SMILES string of the molecule is O=C(NCCCOCCO)c1cc[nH]c(=O)c1. The third kappa shape index (κ3) is 5.28. The van der Waals surface area contributed by atoms with Gasteiger partial charge in [0.05, 0.1) is 13.2 Å². The Labute approximate surface area is 98.6 Å². The molecule has 0 saturated carbocycles. The number of ether oxygens (including phenoxy) is 1. The highest BCUT2D eigenvalue weighted by Crippen LogP contribution is 1.92. The zero-order chi connectivity index (χ0) is 12.5. The summed E-state index contributed by atoms with van der Waals surface area (Å²) in [6.45, 7) is 1.26. The number of rotatable bonds is 7. The Hall–Kier alpha value is -1.66. The number of H-pyrrole nitrogens is 1. The number of carbonyl (C=O) groups excluding carboxylic acids is 1. The van der Waals surface area contributed by atoms with E-state index in [0.717, 1.165) is 0 Å². The lowest BCUT2D eigenvalue weighted by atomic mass is 10.2. The maximum Gasteiger partial charge on any atom is 0.251 e. The quantitative estimate of drug-likeness (QED) is 0.560. The Morgan fingerprint density at radius 1 is 1.47 bits per heavy atom. The van der Waals surface area contributed by atoms with Gasteiger partial charge >= 0.3 is 0 Å². The Bertz CT molecular complexity index is 402. The van der Waals surface area contributed by atoms with Crippen LogP contribution in [0.15, 0.2) is 23.1 Å². The minimum atomic E-state index is -0.302. The zero-order valence-electron chi connectivity index (χ0n) is 9.44. The summed E-state index contributed by atoms with van der Waals surface area (Å²) in [6, 6.07) is 2.79. The van der Waals surface area contributed by atoms with Crippen LogP contribution in [0.25, 0.3) is 0 Å². The average Bonchev–Trinajstić information content (AvgIpc) is 2.33. The van der Waals surface area contributed by atoms with E-state index < -0.39 is 0 Å². The molecule has 3 N–H and O–H groups in total. The van der Waals surface area contributed by atoms with Gasteiger partial charge in [0, 0.05) is 31.0 Å². The minimum absolute atomic E-state index is 0.000842. The molecule has 0 aliphatic heterocycles. The lowest BCUT2D eigenvalue weighted by molar-refractivity contribution is 0.0867. The van der Waals surface area contributed by atoms with Gasteiger partial charge in [0.2, 0.25) is 5.56 Å². The number of carbonyl (C=O) groups is 1. The van der Waals surface area contributed by atoms with Crippen molar-refractivity contribution in [1.82, 2.24) is 10.3 Å². The molecule has 0 atom stereocenters. The third-order valence-corrected chi connectivity index (χ3v) is 2.02. The van der Waals surface area contributed by atoms with E-state index in [9.17, 15) is 9.59 Å². The number of aromatic nitrogens is 1. The maximum atomic E-state index is 11.5. The maximum absolute atomic E-state index is 11.5. The van der Waals surface area contributed by atoms with Gasteiger partial charge in [0.15, 0.2) is 0 Å². The van der Waals surface area contributed by atoms with Crippen LogP contribution in [-0.4, -0.2) is 42.4 Å². The highest BCUT2D eigenvalue weighted by molar-refractivity contribution is 5.93. The van der Waals surface area contributed by atoms with Crippen LogP contribution in [0.2, 0.25) is 0 Å². The van der Waals surface area contributed by atoms with E-state index in [-0.39, 0.29) is 18.1 Å². The van der Waals surface area contributed by atoms with Crippen molar-refractivity contribution in [2.45, 2.75) is 6.42 Å². The minimum Gasteiger partial charge on any atom is -0.394 e. The largest absolute Gasteiger partial charge is 0.394 e. The van der Waals surface area contributed by atoms with Crippen molar-refractivity contribution in [2.24, 2.45) is 0 Å². The van der Waals surface area contributed by atoms with E-state index in [0.29, 0.717) is 31.7 Å². The lowest BCUT2D eigenvalue weighted by Gasteiger charge is -2.05. The summed E-state index contributed by atoms with van der Waals surface area (Å²) < 4.78 is 5.03. The monoisotopic (exact) mass is 240 g/mol. The Kier molecular flexibility index (Phi) is 5.98. The highest BCUT2D eigenvalue weighted by atomic mass is 16.5. The van der Waals surface area contributed by atoms with Crippen LogP contribution >= 0.6 is 0 Å². The molecule has 0 aliphatic rings. The second-order valence-electron chi connectivity index (χ2n) is 3.39. The van der Waals surface area contributed by atoms with Crippen LogP contribution in [0.1, 0.15) is 16.8 Å². The van der Waals surface area contributed by atoms with Gasteiger partial charge in [0.25, 0.3) is 5.91 Å². The van der Waals surface area contributed by atoms with E-state index in [4.69, 9.17) is 9.84 Å². The van der Waals surface area contributed by atoms with E-state index in [1.807, 2.05) is 0 Å². The van der Waals surface area contributed by atoms with Gasteiger partial charge in [-0.3, -0.25) is 9.59 Å². The first-order chi connectivity index (χ1) is 8.24. The van der Waals surface area contributed by atoms with Crippen LogP contribution in [-0.2, 0) is 4.74 Å². The number of aliphatic hydroxyl groups is 1. The summed E-state index contributed by atoms with van der Waals surface area (Å²) in [7, 11) is 0. The van der Waals surface area contributed by atoms with Crippen molar-refractivity contribution < 1.29 is 14.6 Å². The normalized spacial score (nSPS) is 10.2. The average molecular weight is 240 g/mol. The van der Waals surface area contributed by atoms with Gasteiger partial charge in [-0.05, 0) is 12.5 Å². The van der Waals surface area contributed by atoms with Crippen LogP contribution in [0.3, 0.4) is 0 Å². The molecule has 1 aromatic heterocycles. The third-order valence-electron chi connectivity index (χ3n) is 2.02. The molecule has 17 heavy (non-hydrogen) atoms. The Morgan fingerprint density at radius 2 is 2.29 bits per heavy atom. The molecule has 0 aromatic carbocycles. The Balaban J connectivity index is 2.24. The van der Waals surface area contributed by atoms with Crippen LogP contribution in [0.4, 0.5) is 0 Å². The topological polar surface area (TPSA) is 91.4 Å². The highest BCUT2D eigenvalue weighted by Gasteiger charge is 2.04. The van der Waals surface area contributed by atoms with E-state index >= 15 is 0 Å². The molecule has 0 bridgehead atoms. The number of nitrogens with one attached hydrogen (secondary N) is 2. The van der Waals surface area contributed by atoms with Gasteiger partial charge in [-0.25, -0.2) is 0 Å². The number of amides is 1. The summed E-state index contributed by atoms with van der Waals surface area (Å²) in [6.07, 6.45) is 2.09. The molecule has 0 aliphatic carbocycles. The van der Waals surface area contributed by atoms with Gasteiger partial charge in [-0.1, -0.05) is 0 Å². The van der Waals surface area contributed by atoms with Gasteiger partial charge in [-0.2, -0.15) is 0 Å². The van der Waals surface area contributed by atoms with Crippen LogP contribution < -0.4 is 10.9 Å². The summed E-state index contributed by atoms with van der Waals surface area (Å²) in [5.41, 5.74) is 0.0361. The van der Waals surface area contributed by atoms with Gasteiger partial charge in [0.1, 0.15) is 0 Å². The van der Waals surface area contributed by atoms with Crippen molar-refractivity contribution in [1.29, 1.82) is 0 Å². The van der Waals surface area contributed by atoms with Gasteiger partial charge < -0.3 is 20.1 Å². The summed E-state index contributed by atoms with van der Waals surface area (Å²) in [5.74, 6) is -0.279. The number of hydrogen-bond donors (Lipinski definition) is 3. The molecular formula is C11H16N2O4. The molecule has 0 radical (unpaired) electrons. The molecule has 0 unspecified atom stereocenters. The molecule has 0 spiro atoms. The number of hydrogen-bond acceptors (Lipinski definition) is 4. The zero-order valence-corrected chi connectivity index (χ0v) is 9.44. The molecule has 0 fully saturated rings. The van der Waals surface area contributed by atoms with Crippen molar-refractivity contribution in [3.05, 3.63) is 34.2 Å². The van der Waals surface area contributed by atoms with Gasteiger partial charge in [-0.15, -0.1) is 0 Å². The predicted molar refractivity (Wildman–Crippen MR) is 61.9 cm³/mol. The molecule has 1 amide bonds. The molecule has 6 heteroatoms. The van der Waals surface area contributed by atoms with Crippen molar-refractivity contribution >= 4 is 5.91 Å². The summed E-state index contributed by atoms with van der Waals surface area (Å²) >= 11 is 0. The first kappa shape index (κ1) is 13.4. The fourth-order valence-electron chi connectivity index (χ4n) is 1.23. The fourth-order valence-corrected chi connectivity index (χ4v) is 1.23. The van der Waals surface area contributed by atoms with E-state index in [2.05, 4.69) is 10.3 Å². The van der Waals surface area contributed by atoms with E-state index in [1.54, 1.807) is 6.07 Å². The van der Waals surface area contributed by atoms with Crippen molar-refractivity contribution in [3.8, 4) is 0 Å².